The summed E-state index contributed by atoms with van der Waals surface area (Å²) >= 11 is 0. The van der Waals surface area contributed by atoms with E-state index in [-0.39, 0.29) is 11.7 Å². The minimum atomic E-state index is -3.15. The zero-order valence-electron chi connectivity index (χ0n) is 13.1. The van der Waals surface area contributed by atoms with Crippen LogP contribution in [0.15, 0.2) is 0 Å². The maximum absolute atomic E-state index is 12.7. The molecule has 21 heavy (non-hydrogen) atoms. The molecular weight excluding hydrogens is 290 g/mol. The van der Waals surface area contributed by atoms with Crippen molar-refractivity contribution in [2.24, 2.45) is 5.92 Å². The van der Waals surface area contributed by atoms with Crippen LogP contribution in [0.25, 0.3) is 0 Å². The van der Waals surface area contributed by atoms with E-state index in [1.807, 2.05) is 0 Å². The summed E-state index contributed by atoms with van der Waals surface area (Å²) in [5, 5.41) is 0. The highest BCUT2D eigenvalue weighted by Gasteiger charge is 2.40. The molecule has 1 aliphatic carbocycles. The lowest BCUT2D eigenvalue weighted by molar-refractivity contribution is -0.146. The molecule has 5 nitrogen and oxygen atoms in total. The third-order valence-corrected chi connectivity index (χ3v) is 6.25. The van der Waals surface area contributed by atoms with Crippen molar-refractivity contribution in [2.75, 3.05) is 26.5 Å². The van der Waals surface area contributed by atoms with Gasteiger partial charge in [0.15, 0.2) is 5.78 Å². The maximum atomic E-state index is 12.7. The molecule has 0 aromatic heterocycles. The molecule has 0 aromatic carbocycles. The van der Waals surface area contributed by atoms with Crippen molar-refractivity contribution >= 4 is 15.8 Å². The number of hydrogen-bond donors (Lipinski definition) is 0. The topological polar surface area (TPSA) is 63.7 Å². The number of carbonyl (C=O) groups excluding carboxylic acids is 1. The van der Waals surface area contributed by atoms with Crippen LogP contribution in [0.4, 0.5) is 0 Å². The lowest BCUT2D eigenvalue weighted by Crippen LogP contribution is -2.45. The first-order valence-electron chi connectivity index (χ1n) is 7.91. The van der Waals surface area contributed by atoms with Crippen LogP contribution < -0.4 is 0 Å². The lowest BCUT2D eigenvalue weighted by atomic mass is 9.78. The Morgan fingerprint density at radius 2 is 1.90 bits per heavy atom. The lowest BCUT2D eigenvalue weighted by Gasteiger charge is -2.37. The average molecular weight is 317 g/mol. The van der Waals surface area contributed by atoms with Crippen molar-refractivity contribution in [2.45, 2.75) is 57.0 Å². The molecule has 2 rings (SSSR count). The molecule has 0 spiro atoms. The fourth-order valence-corrected chi connectivity index (χ4v) is 4.60. The van der Waals surface area contributed by atoms with Crippen molar-refractivity contribution in [3.63, 3.8) is 0 Å². The number of ether oxygens (including phenoxy) is 1. The van der Waals surface area contributed by atoms with E-state index in [1.54, 1.807) is 7.11 Å². The first-order chi connectivity index (χ1) is 9.87. The summed E-state index contributed by atoms with van der Waals surface area (Å²) in [5.74, 6) is 0.306. The van der Waals surface area contributed by atoms with Gasteiger partial charge in [-0.3, -0.25) is 4.79 Å². The van der Waals surface area contributed by atoms with E-state index in [0.717, 1.165) is 38.5 Å². The highest BCUT2D eigenvalue weighted by atomic mass is 32.2. The van der Waals surface area contributed by atoms with Gasteiger partial charge in [-0.15, -0.1) is 0 Å². The predicted octanol–water partition coefficient (Wildman–Crippen LogP) is 1.97. The average Bonchev–Trinajstić information content (AvgIpc) is 2.47. The van der Waals surface area contributed by atoms with Crippen molar-refractivity contribution in [3.8, 4) is 0 Å². The third kappa shape index (κ3) is 4.05. The van der Waals surface area contributed by atoms with Gasteiger partial charge in [0, 0.05) is 26.6 Å². The Kier molecular flexibility index (Phi) is 5.43. The van der Waals surface area contributed by atoms with Crippen LogP contribution in [0.2, 0.25) is 0 Å². The van der Waals surface area contributed by atoms with Gasteiger partial charge in [0.05, 0.1) is 6.26 Å². The van der Waals surface area contributed by atoms with Gasteiger partial charge in [-0.2, -0.15) is 0 Å². The predicted molar refractivity (Wildman–Crippen MR) is 81.6 cm³/mol. The fraction of sp³-hybridized carbons (Fsp3) is 0.933. The van der Waals surface area contributed by atoms with Crippen LogP contribution in [0, 0.1) is 5.92 Å². The summed E-state index contributed by atoms with van der Waals surface area (Å²) in [5.41, 5.74) is -0.606. The molecule has 2 fully saturated rings. The maximum Gasteiger partial charge on any atom is 0.211 e. The van der Waals surface area contributed by atoms with Gasteiger partial charge in [0.2, 0.25) is 10.0 Å². The molecule has 1 saturated heterocycles. The van der Waals surface area contributed by atoms with E-state index >= 15 is 0 Å². The van der Waals surface area contributed by atoms with Crippen molar-refractivity contribution in [3.05, 3.63) is 0 Å². The molecule has 0 amide bonds. The summed E-state index contributed by atoms with van der Waals surface area (Å²) < 4.78 is 30.4. The van der Waals surface area contributed by atoms with E-state index < -0.39 is 15.6 Å². The van der Waals surface area contributed by atoms with Gasteiger partial charge < -0.3 is 4.74 Å². The second-order valence-corrected chi connectivity index (χ2v) is 8.50. The molecule has 1 unspecified atom stereocenters. The Bertz CT molecular complexity index is 468. The van der Waals surface area contributed by atoms with E-state index in [4.69, 9.17) is 4.74 Å². The van der Waals surface area contributed by atoms with Gasteiger partial charge in [-0.25, -0.2) is 12.7 Å². The first kappa shape index (κ1) is 16.9. The number of Topliss-reactive ketones (excluding diaryl/α,β-unsaturated/α-hetero) is 1. The summed E-state index contributed by atoms with van der Waals surface area (Å²) in [7, 11) is -1.52. The minimum Gasteiger partial charge on any atom is -0.370 e. The summed E-state index contributed by atoms with van der Waals surface area (Å²) in [6.07, 6.45) is 8.33. The molecule has 0 radical (unpaired) electrons. The van der Waals surface area contributed by atoms with Crippen molar-refractivity contribution < 1.29 is 17.9 Å². The zero-order valence-corrected chi connectivity index (χ0v) is 14.0. The van der Waals surface area contributed by atoms with Crippen LogP contribution in [0.3, 0.4) is 0 Å². The summed E-state index contributed by atoms with van der Waals surface area (Å²) in [4.78, 5) is 12.7. The highest BCUT2D eigenvalue weighted by molar-refractivity contribution is 7.88. The molecular formula is C15H27NO4S. The SMILES string of the molecule is COC1(C(=O)CC2CCCN(S(C)(=O)=O)C2)CCCCC1. The standard InChI is InChI=1S/C15H27NO4S/c1-20-15(8-4-3-5-9-15)14(17)11-13-7-6-10-16(12-13)21(2,18)19/h13H,3-12H2,1-2H3. The van der Waals surface area contributed by atoms with Crippen LogP contribution in [-0.2, 0) is 19.6 Å². The number of methoxy groups -OCH3 is 1. The molecule has 1 heterocycles. The minimum absolute atomic E-state index is 0.134. The number of ketones is 1. The molecule has 0 bridgehead atoms. The van der Waals surface area contributed by atoms with Gasteiger partial charge in [-0.05, 0) is 31.6 Å². The monoisotopic (exact) mass is 317 g/mol. The van der Waals surface area contributed by atoms with E-state index in [0.29, 0.717) is 19.5 Å². The van der Waals surface area contributed by atoms with Gasteiger partial charge in [0.1, 0.15) is 5.60 Å². The number of sulfonamides is 1. The summed E-state index contributed by atoms with van der Waals surface area (Å²) in [6.45, 7) is 1.06. The molecule has 0 N–H and O–H groups in total. The Balaban J connectivity index is 1.98. The van der Waals surface area contributed by atoms with Crippen molar-refractivity contribution in [1.29, 1.82) is 0 Å². The van der Waals surface area contributed by atoms with Crippen molar-refractivity contribution in [1.82, 2.24) is 4.31 Å². The zero-order chi connectivity index (χ0) is 15.5. The number of piperidine rings is 1. The van der Waals surface area contributed by atoms with Crippen LogP contribution >= 0.6 is 0 Å². The van der Waals surface area contributed by atoms with Gasteiger partial charge in [-0.1, -0.05) is 19.3 Å². The Labute approximate surface area is 128 Å². The normalized spacial score (nSPS) is 27.4. The number of nitrogens with zero attached hydrogens (tertiary/aromatic N) is 1. The molecule has 1 saturated carbocycles. The molecule has 6 heteroatoms. The molecule has 1 aliphatic heterocycles. The molecule has 1 atom stereocenters. The quantitative estimate of drug-likeness (QED) is 0.777. The third-order valence-electron chi connectivity index (χ3n) is 4.98. The van der Waals surface area contributed by atoms with E-state index in [1.165, 1.54) is 17.0 Å². The number of carbonyl (C=O) groups is 1. The Hall–Kier alpha value is -0.460. The van der Waals surface area contributed by atoms with Gasteiger partial charge in [0.25, 0.3) is 0 Å². The Morgan fingerprint density at radius 1 is 1.24 bits per heavy atom. The second kappa shape index (κ2) is 6.75. The number of hydrogen-bond acceptors (Lipinski definition) is 4. The van der Waals surface area contributed by atoms with Crippen LogP contribution in [0.5, 0.6) is 0 Å². The van der Waals surface area contributed by atoms with E-state index in [2.05, 4.69) is 0 Å². The molecule has 122 valence electrons. The summed E-state index contributed by atoms with van der Waals surface area (Å²) in [6, 6.07) is 0. The highest BCUT2D eigenvalue weighted by Crippen LogP contribution is 2.35. The fourth-order valence-electron chi connectivity index (χ4n) is 3.66. The Morgan fingerprint density at radius 3 is 2.48 bits per heavy atom. The first-order valence-corrected chi connectivity index (χ1v) is 9.76. The molecule has 0 aromatic rings. The largest absolute Gasteiger partial charge is 0.370 e. The van der Waals surface area contributed by atoms with Crippen LogP contribution in [0.1, 0.15) is 51.4 Å². The smallest absolute Gasteiger partial charge is 0.211 e. The van der Waals surface area contributed by atoms with Crippen LogP contribution in [-0.4, -0.2) is 50.6 Å². The van der Waals surface area contributed by atoms with E-state index in [9.17, 15) is 13.2 Å². The second-order valence-electron chi connectivity index (χ2n) is 6.52. The van der Waals surface area contributed by atoms with Gasteiger partial charge >= 0.3 is 0 Å². The molecule has 2 aliphatic rings. The number of rotatable bonds is 5.